The molecule has 35 heavy (non-hydrogen) atoms. The summed E-state index contributed by atoms with van der Waals surface area (Å²) in [6.45, 7) is 1.29. The van der Waals surface area contributed by atoms with Crippen LogP contribution in [-0.2, 0) is 16.6 Å². The number of oxime groups is 1. The van der Waals surface area contributed by atoms with Gasteiger partial charge in [-0.1, -0.05) is 47.1 Å². The summed E-state index contributed by atoms with van der Waals surface area (Å²) in [5.41, 5.74) is -4.35. The molecule has 0 saturated heterocycles. The molecule has 0 bridgehead atoms. The molecule has 1 aliphatic heterocycles. The second kappa shape index (κ2) is 10.2. The first-order valence-electron chi connectivity index (χ1n) is 10.5. The third-order valence-electron chi connectivity index (χ3n) is 5.41. The van der Waals surface area contributed by atoms with Crippen molar-refractivity contribution in [3.8, 4) is 6.07 Å². The van der Waals surface area contributed by atoms with Crippen molar-refractivity contribution >= 4 is 40.7 Å². The molecule has 1 unspecified atom stereocenters. The quantitative estimate of drug-likeness (QED) is 0.209. The monoisotopic (exact) mass is 683 g/mol. The molecule has 0 spiro atoms. The molecule has 1 atom stereocenters. The number of rotatable bonds is 2. The first-order chi connectivity index (χ1) is 16.4. The Morgan fingerprint density at radius 2 is 1.60 bits per heavy atom. The van der Waals surface area contributed by atoms with Crippen molar-refractivity contribution in [1.82, 2.24) is 0 Å². The summed E-state index contributed by atoms with van der Waals surface area (Å²) < 4.78 is 87.2. The van der Waals surface area contributed by atoms with E-state index in [9.17, 15) is 31.6 Å². The van der Waals surface area contributed by atoms with E-state index in [0.29, 0.717) is 28.0 Å². The minimum absolute atomic E-state index is 0.000000000000000111. The van der Waals surface area contributed by atoms with Crippen LogP contribution in [0, 0.1) is 18.3 Å². The van der Waals surface area contributed by atoms with Crippen LogP contribution in [0.5, 0.6) is 0 Å². The maximum absolute atomic E-state index is 14.3. The number of hydrogen-bond donors (Lipinski definition) is 0. The van der Waals surface area contributed by atoms with Crippen molar-refractivity contribution in [3.63, 3.8) is 0 Å². The van der Waals surface area contributed by atoms with Crippen LogP contribution < -0.4 is 0 Å². The summed E-state index contributed by atoms with van der Waals surface area (Å²) in [6.07, 6.45) is -10.7. The number of fused-ring (bicyclic) bond motifs is 1. The molecule has 1 heterocycles. The summed E-state index contributed by atoms with van der Waals surface area (Å²) in [5, 5.41) is 14.0. The van der Waals surface area contributed by atoms with Crippen LogP contribution in [0.3, 0.4) is 0 Å². The summed E-state index contributed by atoms with van der Waals surface area (Å²) in [6, 6.07) is 13.8. The van der Waals surface area contributed by atoms with Crippen LogP contribution >= 0.6 is 0 Å². The van der Waals surface area contributed by atoms with Crippen LogP contribution in [0.2, 0.25) is 8.97 Å². The fourth-order valence-electron chi connectivity index (χ4n) is 3.88. The Bertz CT molecular complexity index is 1310. The van der Waals surface area contributed by atoms with Gasteiger partial charge in [0.1, 0.15) is 0 Å². The average molecular weight is 683 g/mol. The maximum atomic E-state index is 14.3. The number of halogens is 6. The Kier molecular flexibility index (Phi) is 7.84. The third-order valence-corrected chi connectivity index (χ3v) is 5.41. The summed E-state index contributed by atoms with van der Waals surface area (Å²) in [4.78, 5) is 4.92. The molecule has 3 aromatic carbocycles. The van der Waals surface area contributed by atoms with Gasteiger partial charge in [0.2, 0.25) is 0 Å². The molecule has 10 heteroatoms. The van der Waals surface area contributed by atoms with E-state index in [1.807, 2.05) is 6.07 Å². The Morgan fingerprint density at radius 3 is 2.17 bits per heavy atom. The van der Waals surface area contributed by atoms with Gasteiger partial charge in [0, 0.05) is 22.9 Å². The Hall–Kier alpha value is -2.62. The SMILES string of the molecule is Cc1cc(C(F)(F)F)cc(C2(C(F)(F)F)CC(c3ccc(C#N)c4ccccc34)=NO2)c1.[CH3][Tl][CH3]. The van der Waals surface area contributed by atoms with Crippen LogP contribution in [0.15, 0.2) is 59.8 Å². The molecule has 0 amide bonds. The molecule has 0 saturated carbocycles. The number of aryl methyl sites for hydroxylation is 1. The van der Waals surface area contributed by atoms with Crippen molar-refractivity contribution in [2.24, 2.45) is 5.16 Å². The van der Waals surface area contributed by atoms with Gasteiger partial charge in [-0.3, -0.25) is 0 Å². The summed E-state index contributed by atoms with van der Waals surface area (Å²) in [5.74, 6) is 0. The number of nitriles is 1. The van der Waals surface area contributed by atoms with Gasteiger partial charge in [-0.15, -0.1) is 0 Å². The van der Waals surface area contributed by atoms with E-state index in [4.69, 9.17) is 4.84 Å². The Balaban J connectivity index is 0.00000108. The van der Waals surface area contributed by atoms with Crippen molar-refractivity contribution in [3.05, 3.63) is 82.4 Å². The minimum atomic E-state index is -5.04. The molecule has 0 aromatic heterocycles. The molecular weight excluding hydrogens is 663 g/mol. The molecule has 0 aliphatic carbocycles. The predicted molar refractivity (Wildman–Crippen MR) is 122 cm³/mol. The van der Waals surface area contributed by atoms with E-state index in [1.54, 1.807) is 24.3 Å². The number of nitrogens with zero attached hydrogens (tertiary/aromatic N) is 2. The van der Waals surface area contributed by atoms with Gasteiger partial charge in [0.05, 0.1) is 22.9 Å². The van der Waals surface area contributed by atoms with Gasteiger partial charge in [-0.05, 0) is 30.5 Å². The molecule has 0 radical (unpaired) electrons. The number of alkyl halides is 6. The van der Waals surface area contributed by atoms with E-state index >= 15 is 0 Å². The van der Waals surface area contributed by atoms with Gasteiger partial charge in [-0.2, -0.15) is 31.6 Å². The predicted octanol–water partition coefficient (Wildman–Crippen LogP) is 7.41. The molecule has 181 valence electrons. The second-order valence-electron chi connectivity index (χ2n) is 8.11. The molecule has 4 rings (SSSR count). The molecule has 1 aliphatic rings. The normalized spacial score (nSPS) is 17.5. The zero-order chi connectivity index (χ0) is 26.0. The first-order valence-corrected chi connectivity index (χ1v) is 19.5. The van der Waals surface area contributed by atoms with Gasteiger partial charge < -0.3 is 4.84 Å². The van der Waals surface area contributed by atoms with Gasteiger partial charge in [0.25, 0.3) is 5.60 Å². The van der Waals surface area contributed by atoms with Crippen LogP contribution in [-0.4, -0.2) is 36.1 Å². The van der Waals surface area contributed by atoms with Crippen LogP contribution in [0.1, 0.15) is 34.2 Å². The van der Waals surface area contributed by atoms with Crippen molar-refractivity contribution in [2.75, 3.05) is 0 Å². The molecular formula is C25H20F6N2OTl. The zero-order valence-electron chi connectivity index (χ0n) is 19.1. The summed E-state index contributed by atoms with van der Waals surface area (Å²) >= 11 is -0.000000000000000111. The van der Waals surface area contributed by atoms with Crippen molar-refractivity contribution in [2.45, 2.75) is 40.3 Å². The van der Waals surface area contributed by atoms with Crippen LogP contribution in [0.4, 0.5) is 26.3 Å². The van der Waals surface area contributed by atoms with E-state index in [-0.39, 0.29) is 35.5 Å². The number of benzene rings is 3. The van der Waals surface area contributed by atoms with E-state index in [0.717, 1.165) is 12.1 Å². The fraction of sp³-hybridized carbons (Fsp3) is 0.280. The average Bonchev–Trinajstić information content (AvgIpc) is 3.25. The standard InChI is InChI=1S/C23H14F6N2O.2CH3.Tl/c1-13-8-15(10-16(9-13)22(24,25)26)21(23(27,28)29)11-20(31-32-21)19-7-6-14(12-30)17-4-2-3-5-18(17)19;;;/h2-10H,11H2,1H3;2*1H3;. The van der Waals surface area contributed by atoms with Gasteiger partial charge >= 0.3 is 45.6 Å². The molecule has 0 fully saturated rings. The number of hydrogen-bond acceptors (Lipinski definition) is 3. The van der Waals surface area contributed by atoms with Crippen molar-refractivity contribution in [1.29, 1.82) is 5.26 Å². The van der Waals surface area contributed by atoms with Gasteiger partial charge in [0.15, 0.2) is 0 Å². The Labute approximate surface area is 210 Å². The third kappa shape index (κ3) is 5.32. The van der Waals surface area contributed by atoms with E-state index in [2.05, 4.69) is 14.1 Å². The van der Waals surface area contributed by atoms with Crippen LogP contribution in [0.25, 0.3) is 10.8 Å². The van der Waals surface area contributed by atoms with Crippen molar-refractivity contribution < 1.29 is 31.2 Å². The Morgan fingerprint density at radius 1 is 0.971 bits per heavy atom. The van der Waals surface area contributed by atoms with E-state index < -0.39 is 35.5 Å². The molecule has 0 N–H and O–H groups in total. The molecule has 3 aromatic rings. The summed E-state index contributed by atoms with van der Waals surface area (Å²) in [7, 11) is 0. The second-order valence-corrected chi connectivity index (χ2v) is 12.6. The van der Waals surface area contributed by atoms with E-state index in [1.165, 1.54) is 19.1 Å². The first kappa shape index (κ1) is 27.0. The molecule has 3 nitrogen and oxygen atoms in total. The fourth-order valence-corrected chi connectivity index (χ4v) is 3.88. The van der Waals surface area contributed by atoms with Gasteiger partial charge in [-0.25, -0.2) is 0 Å². The zero-order valence-corrected chi connectivity index (χ0v) is 23.5. The topological polar surface area (TPSA) is 45.4 Å².